The molecular weight excluding hydrogens is 230 g/mol. The Bertz CT molecular complexity index is 484. The first-order valence-electron chi connectivity index (χ1n) is 5.76. The topological polar surface area (TPSA) is 79.0 Å². The molecule has 18 heavy (non-hydrogen) atoms. The minimum Gasteiger partial charge on any atom is -0.385 e. The monoisotopic (exact) mass is 247 g/mol. The van der Waals surface area contributed by atoms with Crippen LogP contribution in [0.3, 0.4) is 0 Å². The van der Waals surface area contributed by atoms with Gasteiger partial charge in [0.1, 0.15) is 11.6 Å². The van der Waals surface area contributed by atoms with Crippen molar-refractivity contribution < 1.29 is 4.92 Å². The molecule has 0 atom stereocenters. The number of nitriles is 1. The minimum atomic E-state index is -0.544. The molecule has 0 heterocycles. The number of benzene rings is 1. The number of nitro groups is 1. The number of hydrogen-bond acceptors (Lipinski definition) is 4. The summed E-state index contributed by atoms with van der Waals surface area (Å²) in [5, 5.41) is 22.7. The van der Waals surface area contributed by atoms with Gasteiger partial charge in [-0.05, 0) is 24.0 Å². The third-order valence-corrected chi connectivity index (χ3v) is 2.52. The van der Waals surface area contributed by atoms with Crippen molar-refractivity contribution >= 4 is 11.4 Å². The third kappa shape index (κ3) is 4.06. The van der Waals surface area contributed by atoms with Crippen LogP contribution < -0.4 is 5.32 Å². The van der Waals surface area contributed by atoms with Crippen LogP contribution in [0.5, 0.6) is 0 Å². The SMILES string of the molecule is CC(C)(C)CCNc1ccc([N+](=O)[O-])c(C#N)c1. The molecule has 0 saturated carbocycles. The fourth-order valence-electron chi connectivity index (χ4n) is 1.48. The molecule has 0 spiro atoms. The molecule has 0 aromatic heterocycles. The zero-order chi connectivity index (χ0) is 13.8. The number of anilines is 1. The third-order valence-electron chi connectivity index (χ3n) is 2.52. The van der Waals surface area contributed by atoms with E-state index >= 15 is 0 Å². The molecule has 0 aliphatic rings. The summed E-state index contributed by atoms with van der Waals surface area (Å²) in [5.74, 6) is 0. The van der Waals surface area contributed by atoms with Crippen LogP contribution in [0.25, 0.3) is 0 Å². The van der Waals surface area contributed by atoms with E-state index in [0.29, 0.717) is 0 Å². The predicted molar refractivity (Wildman–Crippen MR) is 70.4 cm³/mol. The Labute approximate surface area is 107 Å². The number of nitro benzene ring substituents is 1. The quantitative estimate of drug-likeness (QED) is 0.653. The summed E-state index contributed by atoms with van der Waals surface area (Å²) in [5.41, 5.74) is 0.896. The van der Waals surface area contributed by atoms with Crippen molar-refractivity contribution in [1.29, 1.82) is 5.26 Å². The summed E-state index contributed by atoms with van der Waals surface area (Å²) >= 11 is 0. The van der Waals surface area contributed by atoms with Gasteiger partial charge in [0, 0.05) is 18.3 Å². The summed E-state index contributed by atoms with van der Waals surface area (Å²) in [4.78, 5) is 10.1. The maximum atomic E-state index is 10.7. The van der Waals surface area contributed by atoms with Gasteiger partial charge in [0.25, 0.3) is 5.69 Å². The molecule has 96 valence electrons. The molecule has 0 amide bonds. The van der Waals surface area contributed by atoms with Gasteiger partial charge in [-0.1, -0.05) is 20.8 Å². The minimum absolute atomic E-state index is 0.0840. The molecule has 0 fully saturated rings. The lowest BCUT2D eigenvalue weighted by atomic mass is 9.92. The first-order valence-corrected chi connectivity index (χ1v) is 5.76. The van der Waals surface area contributed by atoms with Crippen LogP contribution in [-0.4, -0.2) is 11.5 Å². The zero-order valence-electron chi connectivity index (χ0n) is 10.9. The van der Waals surface area contributed by atoms with Crippen molar-refractivity contribution in [3.05, 3.63) is 33.9 Å². The highest BCUT2D eigenvalue weighted by molar-refractivity contribution is 5.58. The van der Waals surface area contributed by atoms with Gasteiger partial charge in [-0.2, -0.15) is 5.26 Å². The highest BCUT2D eigenvalue weighted by atomic mass is 16.6. The molecule has 1 aromatic carbocycles. The molecule has 0 unspecified atom stereocenters. The van der Waals surface area contributed by atoms with Crippen molar-refractivity contribution in [2.45, 2.75) is 27.2 Å². The smallest absolute Gasteiger partial charge is 0.287 e. The highest BCUT2D eigenvalue weighted by Crippen LogP contribution is 2.23. The van der Waals surface area contributed by atoms with E-state index in [1.807, 2.05) is 6.07 Å². The Kier molecular flexibility index (Phi) is 4.27. The van der Waals surface area contributed by atoms with Gasteiger partial charge in [0.15, 0.2) is 0 Å². The average molecular weight is 247 g/mol. The molecule has 0 bridgehead atoms. The fraction of sp³-hybridized carbons (Fsp3) is 0.462. The Hall–Kier alpha value is -2.09. The van der Waals surface area contributed by atoms with Crippen LogP contribution in [-0.2, 0) is 0 Å². The lowest BCUT2D eigenvalue weighted by Gasteiger charge is -2.18. The fourth-order valence-corrected chi connectivity index (χ4v) is 1.48. The van der Waals surface area contributed by atoms with E-state index in [1.54, 1.807) is 6.07 Å². The summed E-state index contributed by atoms with van der Waals surface area (Å²) in [6, 6.07) is 6.34. The second kappa shape index (κ2) is 5.50. The maximum Gasteiger partial charge on any atom is 0.287 e. The van der Waals surface area contributed by atoms with Gasteiger partial charge in [-0.15, -0.1) is 0 Å². The van der Waals surface area contributed by atoms with Crippen molar-refractivity contribution in [1.82, 2.24) is 0 Å². The first-order chi connectivity index (χ1) is 8.33. The van der Waals surface area contributed by atoms with E-state index in [0.717, 1.165) is 18.7 Å². The number of hydrogen-bond donors (Lipinski definition) is 1. The average Bonchev–Trinajstić information content (AvgIpc) is 2.26. The van der Waals surface area contributed by atoms with Crippen molar-refractivity contribution in [3.8, 4) is 6.07 Å². The molecule has 0 radical (unpaired) electrons. The largest absolute Gasteiger partial charge is 0.385 e. The van der Waals surface area contributed by atoms with Gasteiger partial charge >= 0.3 is 0 Å². The van der Waals surface area contributed by atoms with Crippen LogP contribution in [0, 0.1) is 26.9 Å². The van der Waals surface area contributed by atoms with Crippen LogP contribution in [0.4, 0.5) is 11.4 Å². The van der Waals surface area contributed by atoms with Gasteiger partial charge in [0.05, 0.1) is 4.92 Å². The lowest BCUT2D eigenvalue weighted by molar-refractivity contribution is -0.385. The lowest BCUT2D eigenvalue weighted by Crippen LogP contribution is -2.12. The number of nitrogens with zero attached hydrogens (tertiary/aromatic N) is 2. The Morgan fingerprint density at radius 1 is 1.44 bits per heavy atom. The Morgan fingerprint density at radius 2 is 2.11 bits per heavy atom. The van der Waals surface area contributed by atoms with Gasteiger partial charge in [0.2, 0.25) is 0 Å². The molecule has 1 rings (SSSR count). The maximum absolute atomic E-state index is 10.7. The molecule has 0 aliphatic carbocycles. The highest BCUT2D eigenvalue weighted by Gasteiger charge is 2.14. The van der Waals surface area contributed by atoms with Gasteiger partial charge < -0.3 is 5.32 Å². The van der Waals surface area contributed by atoms with E-state index in [2.05, 4.69) is 26.1 Å². The molecule has 0 saturated heterocycles. The summed E-state index contributed by atoms with van der Waals surface area (Å²) < 4.78 is 0. The van der Waals surface area contributed by atoms with Crippen molar-refractivity contribution in [2.75, 3.05) is 11.9 Å². The predicted octanol–water partition coefficient (Wildman–Crippen LogP) is 3.31. The molecule has 5 heteroatoms. The summed E-state index contributed by atoms with van der Waals surface area (Å²) in [6.45, 7) is 7.20. The second-order valence-electron chi connectivity index (χ2n) is 5.34. The molecule has 1 aromatic rings. The van der Waals surface area contributed by atoms with E-state index in [-0.39, 0.29) is 16.7 Å². The second-order valence-corrected chi connectivity index (χ2v) is 5.34. The number of nitrogens with one attached hydrogen (secondary N) is 1. The van der Waals surface area contributed by atoms with Gasteiger partial charge in [-0.3, -0.25) is 10.1 Å². The normalized spacial score (nSPS) is 10.8. The molecular formula is C13H17N3O2. The van der Waals surface area contributed by atoms with E-state index in [1.165, 1.54) is 12.1 Å². The van der Waals surface area contributed by atoms with Crippen molar-refractivity contribution in [2.24, 2.45) is 5.41 Å². The Balaban J connectivity index is 2.75. The van der Waals surface area contributed by atoms with E-state index in [4.69, 9.17) is 5.26 Å². The number of rotatable bonds is 4. The van der Waals surface area contributed by atoms with Crippen molar-refractivity contribution in [3.63, 3.8) is 0 Å². The summed E-state index contributed by atoms with van der Waals surface area (Å²) in [6.07, 6.45) is 0.978. The standard InChI is InChI=1S/C13H17N3O2/c1-13(2,3)6-7-15-11-4-5-12(16(17)18)10(8-11)9-14/h4-5,8,15H,6-7H2,1-3H3. The van der Waals surface area contributed by atoms with E-state index in [9.17, 15) is 10.1 Å². The summed E-state index contributed by atoms with van der Waals surface area (Å²) in [7, 11) is 0. The molecule has 1 N–H and O–H groups in total. The molecule has 0 aliphatic heterocycles. The Morgan fingerprint density at radius 3 is 2.61 bits per heavy atom. The van der Waals surface area contributed by atoms with Crippen LogP contribution in [0.1, 0.15) is 32.8 Å². The first kappa shape index (κ1) is 14.0. The van der Waals surface area contributed by atoms with Crippen LogP contribution >= 0.6 is 0 Å². The van der Waals surface area contributed by atoms with Crippen LogP contribution in [0.2, 0.25) is 0 Å². The van der Waals surface area contributed by atoms with E-state index < -0.39 is 4.92 Å². The molecule has 5 nitrogen and oxygen atoms in total. The zero-order valence-corrected chi connectivity index (χ0v) is 10.9. The van der Waals surface area contributed by atoms with Gasteiger partial charge in [-0.25, -0.2) is 0 Å². The van der Waals surface area contributed by atoms with Crippen LogP contribution in [0.15, 0.2) is 18.2 Å².